The van der Waals surface area contributed by atoms with Crippen molar-refractivity contribution in [3.8, 4) is 28.8 Å². The molecule has 0 unspecified atom stereocenters. The third-order valence-electron chi connectivity index (χ3n) is 4.05. The van der Waals surface area contributed by atoms with Gasteiger partial charge in [-0.3, -0.25) is 10.1 Å². The number of amides is 1. The van der Waals surface area contributed by atoms with Gasteiger partial charge in [0.05, 0.1) is 12.8 Å². The molecule has 152 valence electrons. The average molecular weight is 440 g/mol. The molecule has 1 amide bonds. The number of aryl methyl sites for hydroxylation is 1. The van der Waals surface area contributed by atoms with Crippen LogP contribution in [0.2, 0.25) is 5.02 Å². The summed E-state index contributed by atoms with van der Waals surface area (Å²) in [5.41, 5.74) is 2.51. The molecule has 1 N–H and O–H groups in total. The van der Waals surface area contributed by atoms with Crippen LogP contribution in [-0.2, 0) is 4.79 Å². The standard InChI is InChI=1S/C22H18ClN3O3S/c1-14-21(16-5-7-17(23)8-6-16)26-22(30-14)25-20(27)10-4-15-3-9-18(29-12-11-24)19(13-15)28-2/h3-10,13H,12H2,1-2H3,(H,25,26,27)/b10-4+. The van der Waals surface area contributed by atoms with E-state index in [1.165, 1.54) is 24.5 Å². The van der Waals surface area contributed by atoms with E-state index in [9.17, 15) is 4.79 Å². The second-order valence-electron chi connectivity index (χ2n) is 6.11. The number of hydrogen-bond donors (Lipinski definition) is 1. The van der Waals surface area contributed by atoms with Gasteiger partial charge < -0.3 is 9.47 Å². The molecule has 3 aromatic rings. The van der Waals surface area contributed by atoms with Gasteiger partial charge in [-0.15, -0.1) is 11.3 Å². The number of halogens is 1. The van der Waals surface area contributed by atoms with Crippen molar-refractivity contribution in [2.24, 2.45) is 0 Å². The second-order valence-corrected chi connectivity index (χ2v) is 7.75. The molecule has 0 saturated carbocycles. The summed E-state index contributed by atoms with van der Waals surface area (Å²) in [5, 5.41) is 12.6. The fraction of sp³-hybridized carbons (Fsp3) is 0.136. The smallest absolute Gasteiger partial charge is 0.250 e. The summed E-state index contributed by atoms with van der Waals surface area (Å²) in [7, 11) is 1.51. The number of methoxy groups -OCH3 is 1. The lowest BCUT2D eigenvalue weighted by Crippen LogP contribution is -2.07. The fourth-order valence-electron chi connectivity index (χ4n) is 2.66. The molecule has 0 saturated heterocycles. The number of thiazole rings is 1. The fourth-order valence-corrected chi connectivity index (χ4v) is 3.63. The Morgan fingerprint density at radius 3 is 2.73 bits per heavy atom. The minimum atomic E-state index is -0.296. The number of hydrogen-bond acceptors (Lipinski definition) is 6. The maximum absolute atomic E-state index is 12.3. The van der Waals surface area contributed by atoms with Crippen molar-refractivity contribution in [3.63, 3.8) is 0 Å². The Labute approximate surface area is 183 Å². The van der Waals surface area contributed by atoms with E-state index in [-0.39, 0.29) is 12.5 Å². The number of anilines is 1. The van der Waals surface area contributed by atoms with E-state index in [2.05, 4.69) is 10.3 Å². The van der Waals surface area contributed by atoms with Crippen LogP contribution >= 0.6 is 22.9 Å². The summed E-state index contributed by atoms with van der Waals surface area (Å²) in [6.45, 7) is 1.88. The van der Waals surface area contributed by atoms with Gasteiger partial charge in [-0.05, 0) is 42.8 Å². The Kier molecular flexibility index (Phi) is 7.07. The first kappa shape index (κ1) is 21.4. The molecule has 6 nitrogen and oxygen atoms in total. The summed E-state index contributed by atoms with van der Waals surface area (Å²) in [6, 6.07) is 14.5. The normalized spacial score (nSPS) is 10.6. The third kappa shape index (κ3) is 5.38. The van der Waals surface area contributed by atoms with E-state index in [0.717, 1.165) is 21.7 Å². The number of rotatable bonds is 7. The number of aromatic nitrogens is 1. The molecule has 3 rings (SSSR count). The van der Waals surface area contributed by atoms with Crippen LogP contribution in [0.4, 0.5) is 5.13 Å². The summed E-state index contributed by atoms with van der Waals surface area (Å²) >= 11 is 7.34. The summed E-state index contributed by atoms with van der Waals surface area (Å²) < 4.78 is 10.6. The molecule has 30 heavy (non-hydrogen) atoms. The Balaban J connectivity index is 1.68. The Morgan fingerprint density at radius 1 is 1.27 bits per heavy atom. The van der Waals surface area contributed by atoms with Crippen LogP contribution in [0.1, 0.15) is 10.4 Å². The highest BCUT2D eigenvalue weighted by atomic mass is 35.5. The molecule has 2 aromatic carbocycles. The van der Waals surface area contributed by atoms with Crippen LogP contribution in [-0.4, -0.2) is 24.6 Å². The maximum atomic E-state index is 12.3. The van der Waals surface area contributed by atoms with Crippen LogP contribution in [0.15, 0.2) is 48.5 Å². The van der Waals surface area contributed by atoms with E-state index in [4.69, 9.17) is 26.3 Å². The van der Waals surface area contributed by atoms with Crippen molar-refractivity contribution in [3.05, 3.63) is 64.0 Å². The quantitative estimate of drug-likeness (QED) is 0.502. The molecule has 1 aromatic heterocycles. The minimum absolute atomic E-state index is 0.0702. The highest BCUT2D eigenvalue weighted by Gasteiger charge is 2.11. The Bertz CT molecular complexity index is 1120. The Morgan fingerprint density at radius 2 is 2.03 bits per heavy atom. The number of benzene rings is 2. The van der Waals surface area contributed by atoms with E-state index in [1.807, 2.05) is 37.3 Å². The molecule has 0 aliphatic heterocycles. The van der Waals surface area contributed by atoms with E-state index < -0.39 is 0 Å². The summed E-state index contributed by atoms with van der Waals surface area (Å²) in [6.07, 6.45) is 3.08. The van der Waals surface area contributed by atoms with Gasteiger partial charge >= 0.3 is 0 Å². The van der Waals surface area contributed by atoms with Gasteiger partial charge in [-0.25, -0.2) is 4.98 Å². The number of carbonyl (C=O) groups excluding carboxylic acids is 1. The average Bonchev–Trinajstić information content (AvgIpc) is 3.11. The van der Waals surface area contributed by atoms with Gasteiger partial charge in [0, 0.05) is 21.5 Å². The van der Waals surface area contributed by atoms with Crippen molar-refractivity contribution in [1.29, 1.82) is 5.26 Å². The van der Waals surface area contributed by atoms with Crippen LogP contribution in [0.5, 0.6) is 11.5 Å². The van der Waals surface area contributed by atoms with Crippen molar-refractivity contribution >= 4 is 40.1 Å². The lowest BCUT2D eigenvalue weighted by Gasteiger charge is -2.08. The first-order valence-electron chi connectivity index (χ1n) is 8.90. The molecule has 0 radical (unpaired) electrons. The van der Waals surface area contributed by atoms with Gasteiger partial charge in [0.15, 0.2) is 23.2 Å². The number of nitrogens with one attached hydrogen (secondary N) is 1. The van der Waals surface area contributed by atoms with Crippen molar-refractivity contribution in [2.75, 3.05) is 19.0 Å². The lowest BCUT2D eigenvalue weighted by atomic mass is 10.1. The van der Waals surface area contributed by atoms with Crippen LogP contribution in [0.25, 0.3) is 17.3 Å². The number of ether oxygens (including phenoxy) is 2. The first-order valence-corrected chi connectivity index (χ1v) is 10.1. The minimum Gasteiger partial charge on any atom is -0.493 e. The number of nitrogens with zero attached hydrogens (tertiary/aromatic N) is 2. The summed E-state index contributed by atoms with van der Waals surface area (Å²) in [5.74, 6) is 0.653. The topological polar surface area (TPSA) is 84.2 Å². The van der Waals surface area contributed by atoms with Gasteiger partial charge in [0.25, 0.3) is 0 Å². The van der Waals surface area contributed by atoms with Gasteiger partial charge in [0.2, 0.25) is 5.91 Å². The second kappa shape index (κ2) is 9.92. The van der Waals surface area contributed by atoms with Crippen LogP contribution in [0.3, 0.4) is 0 Å². The molecule has 0 spiro atoms. The first-order chi connectivity index (χ1) is 14.5. The van der Waals surface area contributed by atoms with E-state index >= 15 is 0 Å². The van der Waals surface area contributed by atoms with Gasteiger partial charge in [0.1, 0.15) is 6.07 Å². The SMILES string of the molecule is COc1cc(/C=C/C(=O)Nc2nc(-c3ccc(Cl)cc3)c(C)s2)ccc1OCC#N. The largest absolute Gasteiger partial charge is 0.493 e. The van der Waals surface area contributed by atoms with Crippen LogP contribution < -0.4 is 14.8 Å². The molecule has 0 aliphatic carbocycles. The third-order valence-corrected chi connectivity index (χ3v) is 5.19. The van der Waals surface area contributed by atoms with Gasteiger partial charge in [-0.1, -0.05) is 29.8 Å². The molecular formula is C22H18ClN3O3S. The molecule has 0 aliphatic rings. The molecule has 1 heterocycles. The predicted octanol–water partition coefficient (Wildman–Crippen LogP) is 5.33. The van der Waals surface area contributed by atoms with Crippen LogP contribution in [0, 0.1) is 18.3 Å². The number of carbonyl (C=O) groups is 1. The zero-order valence-electron chi connectivity index (χ0n) is 16.3. The van der Waals surface area contributed by atoms with Crippen molar-refractivity contribution < 1.29 is 14.3 Å². The Hall–Kier alpha value is -3.34. The zero-order chi connectivity index (χ0) is 21.5. The highest BCUT2D eigenvalue weighted by molar-refractivity contribution is 7.16. The molecule has 0 atom stereocenters. The highest BCUT2D eigenvalue weighted by Crippen LogP contribution is 2.31. The molecule has 0 bridgehead atoms. The lowest BCUT2D eigenvalue weighted by molar-refractivity contribution is -0.111. The molecular weight excluding hydrogens is 422 g/mol. The van der Waals surface area contributed by atoms with Gasteiger partial charge in [-0.2, -0.15) is 5.26 Å². The van der Waals surface area contributed by atoms with E-state index in [0.29, 0.717) is 21.7 Å². The van der Waals surface area contributed by atoms with Crippen molar-refractivity contribution in [2.45, 2.75) is 6.92 Å². The molecule has 8 heteroatoms. The number of nitriles is 1. The zero-order valence-corrected chi connectivity index (χ0v) is 17.9. The monoisotopic (exact) mass is 439 g/mol. The van der Waals surface area contributed by atoms with Crippen molar-refractivity contribution in [1.82, 2.24) is 4.98 Å². The van der Waals surface area contributed by atoms with E-state index in [1.54, 1.807) is 24.3 Å². The molecule has 0 fully saturated rings. The maximum Gasteiger partial charge on any atom is 0.250 e. The predicted molar refractivity (Wildman–Crippen MR) is 119 cm³/mol. The summed E-state index contributed by atoms with van der Waals surface area (Å²) in [4.78, 5) is 17.8.